The topological polar surface area (TPSA) is 67.4 Å². The van der Waals surface area contributed by atoms with Crippen LogP contribution in [0.3, 0.4) is 0 Å². The normalized spacial score (nSPS) is 24.9. The second kappa shape index (κ2) is 5.41. The van der Waals surface area contributed by atoms with Gasteiger partial charge in [-0.05, 0) is 31.7 Å². The van der Waals surface area contributed by atoms with Gasteiger partial charge in [0.05, 0.1) is 12.5 Å². The van der Waals surface area contributed by atoms with Crippen LogP contribution in [-0.4, -0.2) is 37.6 Å². The molecule has 0 aromatic carbocycles. The molecule has 5 nitrogen and oxygen atoms in total. The summed E-state index contributed by atoms with van der Waals surface area (Å²) in [7, 11) is 0. The maximum Gasteiger partial charge on any atom is 0.244 e. The van der Waals surface area contributed by atoms with Gasteiger partial charge in [-0.3, -0.25) is 14.9 Å². The van der Waals surface area contributed by atoms with Gasteiger partial charge in [0.15, 0.2) is 0 Å². The molecule has 0 radical (unpaired) electrons. The zero-order chi connectivity index (χ0) is 11.4. The smallest absolute Gasteiger partial charge is 0.244 e. The molecule has 5 heteroatoms. The summed E-state index contributed by atoms with van der Waals surface area (Å²) in [6.45, 7) is 2.32. The van der Waals surface area contributed by atoms with Crippen molar-refractivity contribution in [3.05, 3.63) is 0 Å². The maximum absolute atomic E-state index is 11.2. The van der Waals surface area contributed by atoms with E-state index in [4.69, 9.17) is 4.74 Å². The first-order valence-electron chi connectivity index (χ1n) is 5.90. The lowest BCUT2D eigenvalue weighted by molar-refractivity contribution is -0.125. The van der Waals surface area contributed by atoms with E-state index >= 15 is 0 Å². The van der Waals surface area contributed by atoms with Crippen LogP contribution in [0.2, 0.25) is 0 Å². The van der Waals surface area contributed by atoms with Crippen LogP contribution in [0.15, 0.2) is 0 Å². The Hall–Kier alpha value is -0.940. The van der Waals surface area contributed by atoms with Crippen molar-refractivity contribution in [2.24, 2.45) is 5.92 Å². The molecule has 0 bridgehead atoms. The minimum atomic E-state index is -0.337. The van der Waals surface area contributed by atoms with E-state index in [0.29, 0.717) is 0 Å². The van der Waals surface area contributed by atoms with E-state index in [-0.39, 0.29) is 24.3 Å². The zero-order valence-electron chi connectivity index (χ0n) is 9.33. The van der Waals surface area contributed by atoms with E-state index in [0.717, 1.165) is 32.1 Å². The summed E-state index contributed by atoms with van der Waals surface area (Å²) in [5.74, 6) is 0.405. The van der Waals surface area contributed by atoms with Gasteiger partial charge >= 0.3 is 0 Å². The first kappa shape index (κ1) is 11.5. The third-order valence-corrected chi connectivity index (χ3v) is 2.88. The minimum Gasteiger partial charge on any atom is -0.381 e. The Morgan fingerprint density at radius 2 is 2.19 bits per heavy atom. The Bertz CT molecular complexity index is 276. The molecule has 1 aliphatic heterocycles. The molecule has 0 aromatic rings. The lowest BCUT2D eigenvalue weighted by atomic mass is 10.2. The Balaban J connectivity index is 1.47. The van der Waals surface area contributed by atoms with Crippen molar-refractivity contribution in [1.82, 2.24) is 10.6 Å². The van der Waals surface area contributed by atoms with Gasteiger partial charge in [-0.25, -0.2) is 0 Å². The van der Waals surface area contributed by atoms with E-state index in [2.05, 4.69) is 10.6 Å². The first-order chi connectivity index (χ1) is 7.75. The summed E-state index contributed by atoms with van der Waals surface area (Å²) >= 11 is 0. The highest BCUT2D eigenvalue weighted by Crippen LogP contribution is 2.28. The Morgan fingerprint density at radius 3 is 2.81 bits per heavy atom. The summed E-state index contributed by atoms with van der Waals surface area (Å²) in [5, 5.41) is 5.32. The summed E-state index contributed by atoms with van der Waals surface area (Å²) in [6, 6.07) is -0.337. The summed E-state index contributed by atoms with van der Waals surface area (Å²) in [4.78, 5) is 22.1. The molecule has 16 heavy (non-hydrogen) atoms. The molecule has 2 aliphatic rings. The Labute approximate surface area is 94.9 Å². The summed E-state index contributed by atoms with van der Waals surface area (Å²) in [5.41, 5.74) is 0. The molecule has 1 heterocycles. The monoisotopic (exact) mass is 226 g/mol. The van der Waals surface area contributed by atoms with Crippen molar-refractivity contribution in [2.45, 2.75) is 31.7 Å². The van der Waals surface area contributed by atoms with Crippen molar-refractivity contribution < 1.29 is 14.3 Å². The lowest BCUT2D eigenvalue weighted by Crippen LogP contribution is -2.37. The number of hydrogen-bond donors (Lipinski definition) is 2. The number of rotatable bonds is 7. The highest BCUT2D eigenvalue weighted by Gasteiger charge is 2.29. The number of nitrogens with one attached hydrogen (secondary N) is 2. The van der Waals surface area contributed by atoms with Crippen LogP contribution < -0.4 is 10.6 Å². The number of hydrogen-bond acceptors (Lipinski definition) is 4. The average Bonchev–Trinajstić information content (AvgIpc) is 2.99. The molecular formula is C11H18N2O3. The fraction of sp³-hybridized carbons (Fsp3) is 0.818. The second-order valence-electron chi connectivity index (χ2n) is 4.50. The largest absolute Gasteiger partial charge is 0.381 e. The van der Waals surface area contributed by atoms with Crippen molar-refractivity contribution >= 4 is 11.8 Å². The van der Waals surface area contributed by atoms with Crippen LogP contribution in [0.1, 0.15) is 25.7 Å². The quantitative estimate of drug-likeness (QED) is 0.466. The fourth-order valence-corrected chi connectivity index (χ4v) is 1.70. The highest BCUT2D eigenvalue weighted by molar-refractivity contribution is 6.05. The molecule has 2 rings (SSSR count). The van der Waals surface area contributed by atoms with Gasteiger partial charge in [0.2, 0.25) is 11.8 Å². The Kier molecular flexibility index (Phi) is 3.90. The molecule has 2 amide bonds. The maximum atomic E-state index is 11.2. The second-order valence-corrected chi connectivity index (χ2v) is 4.50. The number of imide groups is 1. The number of ether oxygens (including phenoxy) is 1. The summed E-state index contributed by atoms with van der Waals surface area (Å²) < 4.78 is 5.46. The van der Waals surface area contributed by atoms with Crippen molar-refractivity contribution in [2.75, 3.05) is 19.8 Å². The van der Waals surface area contributed by atoms with Gasteiger partial charge in [0, 0.05) is 13.2 Å². The predicted octanol–water partition coefficient (Wildman–Crippen LogP) is -0.192. The zero-order valence-corrected chi connectivity index (χ0v) is 9.33. The van der Waals surface area contributed by atoms with Gasteiger partial charge in [-0.2, -0.15) is 0 Å². The van der Waals surface area contributed by atoms with Gasteiger partial charge in [-0.15, -0.1) is 0 Å². The van der Waals surface area contributed by atoms with E-state index < -0.39 is 0 Å². The first-order valence-corrected chi connectivity index (χ1v) is 5.90. The fourth-order valence-electron chi connectivity index (χ4n) is 1.70. The van der Waals surface area contributed by atoms with Crippen LogP contribution in [0.4, 0.5) is 0 Å². The molecule has 0 aromatic heterocycles. The van der Waals surface area contributed by atoms with Crippen LogP contribution >= 0.6 is 0 Å². The highest BCUT2D eigenvalue weighted by atomic mass is 16.5. The van der Waals surface area contributed by atoms with Crippen LogP contribution in [0, 0.1) is 5.92 Å². The van der Waals surface area contributed by atoms with Gasteiger partial charge in [-0.1, -0.05) is 0 Å². The minimum absolute atomic E-state index is 0.188. The predicted molar refractivity (Wildman–Crippen MR) is 57.7 cm³/mol. The third-order valence-electron chi connectivity index (χ3n) is 2.88. The lowest BCUT2D eigenvalue weighted by Gasteiger charge is -2.08. The number of carbonyl (C=O) groups is 2. The van der Waals surface area contributed by atoms with Crippen molar-refractivity contribution in [1.29, 1.82) is 0 Å². The third kappa shape index (κ3) is 3.57. The van der Waals surface area contributed by atoms with Crippen LogP contribution in [0.25, 0.3) is 0 Å². The van der Waals surface area contributed by atoms with E-state index in [9.17, 15) is 9.59 Å². The van der Waals surface area contributed by atoms with Crippen LogP contribution in [-0.2, 0) is 14.3 Å². The van der Waals surface area contributed by atoms with E-state index in [1.54, 1.807) is 0 Å². The van der Waals surface area contributed by atoms with Gasteiger partial charge in [0.1, 0.15) is 0 Å². The SMILES string of the molecule is O=C1CC(NCCCOCC2CC2)C(=O)N1. The van der Waals surface area contributed by atoms with Gasteiger partial charge in [0.25, 0.3) is 0 Å². The molecule has 1 saturated heterocycles. The molecular weight excluding hydrogens is 208 g/mol. The average molecular weight is 226 g/mol. The van der Waals surface area contributed by atoms with Gasteiger partial charge < -0.3 is 10.1 Å². The molecule has 1 unspecified atom stereocenters. The van der Waals surface area contributed by atoms with E-state index in [1.165, 1.54) is 12.8 Å². The Morgan fingerprint density at radius 1 is 1.38 bits per heavy atom. The number of amides is 2. The molecule has 1 aliphatic carbocycles. The molecule has 90 valence electrons. The number of carbonyl (C=O) groups excluding carboxylic acids is 2. The molecule has 1 atom stereocenters. The molecule has 1 saturated carbocycles. The summed E-state index contributed by atoms with van der Waals surface area (Å²) in [6.07, 6.45) is 3.76. The van der Waals surface area contributed by atoms with Crippen LogP contribution in [0.5, 0.6) is 0 Å². The molecule has 0 spiro atoms. The van der Waals surface area contributed by atoms with Crippen molar-refractivity contribution in [3.8, 4) is 0 Å². The molecule has 2 N–H and O–H groups in total. The van der Waals surface area contributed by atoms with E-state index in [1.807, 2.05) is 0 Å². The molecule has 2 fully saturated rings. The van der Waals surface area contributed by atoms with Crippen molar-refractivity contribution in [3.63, 3.8) is 0 Å². The standard InChI is InChI=1S/C11H18N2O3/c14-10-6-9(11(15)13-10)12-4-1-5-16-7-8-2-3-8/h8-9,12H,1-7H2,(H,13,14,15).